The number of anilines is 1. The Bertz CT molecular complexity index is 713. The Hall–Kier alpha value is -2.42. The Balaban J connectivity index is 2.19. The number of ether oxygens (including phenoxy) is 1. The second kappa shape index (κ2) is 6.14. The molecule has 22 heavy (non-hydrogen) atoms. The van der Waals surface area contributed by atoms with Crippen LogP contribution in [0.5, 0.6) is 5.75 Å². The fourth-order valence-electron chi connectivity index (χ4n) is 1.53. The molecule has 0 spiro atoms. The number of carbonyl (C=O) groups excluding carboxylic acids is 2. The van der Waals surface area contributed by atoms with E-state index in [-0.39, 0.29) is 16.4 Å². The number of hydrogen-bond donors (Lipinski definition) is 1. The highest BCUT2D eigenvalue weighted by Gasteiger charge is 2.33. The van der Waals surface area contributed by atoms with E-state index in [1.807, 2.05) is 0 Å². The number of para-hydroxylation sites is 1. The van der Waals surface area contributed by atoms with Gasteiger partial charge in [0, 0.05) is 6.92 Å². The van der Waals surface area contributed by atoms with Gasteiger partial charge in [0.15, 0.2) is 5.13 Å². The fourth-order valence-corrected chi connectivity index (χ4v) is 2.20. The van der Waals surface area contributed by atoms with Crippen LogP contribution in [0, 0.1) is 0 Å². The van der Waals surface area contributed by atoms with E-state index in [9.17, 15) is 22.8 Å². The normalized spacial score (nSPS) is 11.1. The van der Waals surface area contributed by atoms with E-state index in [2.05, 4.69) is 10.3 Å². The number of nitrogens with zero attached hydrogens (tertiary/aromatic N) is 1. The molecule has 0 radical (unpaired) electrons. The summed E-state index contributed by atoms with van der Waals surface area (Å²) in [5.74, 6) is -1.33. The SMILES string of the molecule is CC(=O)Oc1ccccc1C(=O)Nc1ncc(C(F)(F)F)s1. The zero-order chi connectivity index (χ0) is 16.3. The second-order valence-electron chi connectivity index (χ2n) is 4.07. The molecule has 1 N–H and O–H groups in total. The molecule has 2 rings (SSSR count). The van der Waals surface area contributed by atoms with Crippen molar-refractivity contribution in [2.45, 2.75) is 13.1 Å². The number of esters is 1. The van der Waals surface area contributed by atoms with E-state index in [1.165, 1.54) is 25.1 Å². The van der Waals surface area contributed by atoms with Gasteiger partial charge in [-0.05, 0) is 12.1 Å². The highest BCUT2D eigenvalue weighted by Crippen LogP contribution is 2.35. The Labute approximate surface area is 126 Å². The van der Waals surface area contributed by atoms with Gasteiger partial charge in [0.2, 0.25) is 0 Å². The lowest BCUT2D eigenvalue weighted by molar-refractivity contribution is -0.134. The molecule has 0 unspecified atom stereocenters. The van der Waals surface area contributed by atoms with Crippen LogP contribution < -0.4 is 10.1 Å². The lowest BCUT2D eigenvalue weighted by Crippen LogP contribution is -2.14. The van der Waals surface area contributed by atoms with Gasteiger partial charge in [-0.1, -0.05) is 23.5 Å². The molecule has 1 heterocycles. The third-order valence-electron chi connectivity index (χ3n) is 2.39. The van der Waals surface area contributed by atoms with Crippen LogP contribution in [-0.2, 0) is 11.0 Å². The van der Waals surface area contributed by atoms with Crippen LogP contribution in [0.3, 0.4) is 0 Å². The molecule has 5 nitrogen and oxygen atoms in total. The molecule has 0 bridgehead atoms. The quantitative estimate of drug-likeness (QED) is 0.692. The van der Waals surface area contributed by atoms with Crippen LogP contribution in [0.2, 0.25) is 0 Å². The minimum atomic E-state index is -4.52. The maximum atomic E-state index is 12.5. The first kappa shape index (κ1) is 16.0. The third-order valence-corrected chi connectivity index (χ3v) is 3.35. The monoisotopic (exact) mass is 330 g/mol. The predicted octanol–water partition coefficient (Wildman–Crippen LogP) is 3.34. The van der Waals surface area contributed by atoms with E-state index in [1.54, 1.807) is 6.07 Å². The summed E-state index contributed by atoms with van der Waals surface area (Å²) in [7, 11) is 0. The standard InChI is InChI=1S/C13H9F3N2O3S/c1-7(19)21-9-5-3-2-4-8(9)11(20)18-12-17-6-10(22-12)13(14,15)16/h2-6H,1H3,(H,17,18,20). The van der Waals surface area contributed by atoms with Crippen LogP contribution in [0.25, 0.3) is 0 Å². The van der Waals surface area contributed by atoms with E-state index in [0.717, 1.165) is 0 Å². The highest BCUT2D eigenvalue weighted by atomic mass is 32.1. The molecule has 0 saturated carbocycles. The minimum absolute atomic E-state index is 0.0140. The number of thiazole rings is 1. The predicted molar refractivity (Wildman–Crippen MR) is 72.8 cm³/mol. The molecular formula is C13H9F3N2O3S. The molecule has 9 heteroatoms. The Kier molecular flexibility index (Phi) is 4.45. The number of amides is 1. The summed E-state index contributed by atoms with van der Waals surface area (Å²) in [4.78, 5) is 25.6. The summed E-state index contributed by atoms with van der Waals surface area (Å²) in [5, 5.41) is 2.04. The Morgan fingerprint density at radius 3 is 2.55 bits per heavy atom. The lowest BCUT2D eigenvalue weighted by Gasteiger charge is -2.07. The van der Waals surface area contributed by atoms with Gasteiger partial charge in [-0.15, -0.1) is 0 Å². The van der Waals surface area contributed by atoms with Crippen molar-refractivity contribution in [3.05, 3.63) is 40.9 Å². The molecule has 0 aliphatic rings. The van der Waals surface area contributed by atoms with Crippen LogP contribution in [-0.4, -0.2) is 16.9 Å². The molecule has 0 saturated heterocycles. The van der Waals surface area contributed by atoms with Gasteiger partial charge >= 0.3 is 12.1 Å². The summed E-state index contributed by atoms with van der Waals surface area (Å²) in [6.07, 6.45) is -3.88. The summed E-state index contributed by atoms with van der Waals surface area (Å²) in [5.41, 5.74) is 0.0152. The first-order chi connectivity index (χ1) is 10.3. The van der Waals surface area contributed by atoms with Crippen LogP contribution in [0.15, 0.2) is 30.5 Å². The lowest BCUT2D eigenvalue weighted by atomic mass is 10.2. The van der Waals surface area contributed by atoms with E-state index in [0.29, 0.717) is 17.5 Å². The maximum Gasteiger partial charge on any atom is 0.427 e. The van der Waals surface area contributed by atoms with E-state index >= 15 is 0 Å². The average Bonchev–Trinajstić information content (AvgIpc) is 2.87. The molecule has 0 aliphatic heterocycles. The van der Waals surface area contributed by atoms with Crippen molar-refractivity contribution >= 4 is 28.3 Å². The molecule has 1 amide bonds. The Morgan fingerprint density at radius 2 is 1.95 bits per heavy atom. The Morgan fingerprint density at radius 1 is 1.27 bits per heavy atom. The topological polar surface area (TPSA) is 68.3 Å². The summed E-state index contributed by atoms with van der Waals surface area (Å²) >= 11 is 0.307. The largest absolute Gasteiger partial charge is 0.427 e. The van der Waals surface area contributed by atoms with Gasteiger partial charge in [0.05, 0.1) is 11.8 Å². The smallest absolute Gasteiger partial charge is 0.426 e. The van der Waals surface area contributed by atoms with Gasteiger partial charge in [0.1, 0.15) is 10.6 Å². The number of aromatic nitrogens is 1. The van der Waals surface area contributed by atoms with Gasteiger partial charge in [-0.2, -0.15) is 13.2 Å². The molecule has 0 aliphatic carbocycles. The van der Waals surface area contributed by atoms with Crippen molar-refractivity contribution in [1.29, 1.82) is 0 Å². The first-order valence-corrected chi connectivity index (χ1v) is 6.71. The molecule has 0 atom stereocenters. The zero-order valence-corrected chi connectivity index (χ0v) is 11.9. The summed E-state index contributed by atoms with van der Waals surface area (Å²) in [6, 6.07) is 5.87. The second-order valence-corrected chi connectivity index (χ2v) is 5.10. The average molecular weight is 330 g/mol. The van der Waals surface area contributed by atoms with Crippen molar-refractivity contribution in [1.82, 2.24) is 4.98 Å². The highest BCUT2D eigenvalue weighted by molar-refractivity contribution is 7.15. The van der Waals surface area contributed by atoms with Crippen molar-refractivity contribution in [2.24, 2.45) is 0 Å². The summed E-state index contributed by atoms with van der Waals surface area (Å²) < 4.78 is 42.3. The van der Waals surface area contributed by atoms with Gasteiger partial charge in [-0.3, -0.25) is 14.9 Å². The van der Waals surface area contributed by atoms with Crippen LogP contribution in [0.1, 0.15) is 22.2 Å². The zero-order valence-electron chi connectivity index (χ0n) is 11.1. The van der Waals surface area contributed by atoms with E-state index < -0.39 is 22.9 Å². The molecular weight excluding hydrogens is 321 g/mol. The first-order valence-electron chi connectivity index (χ1n) is 5.89. The fraction of sp³-hybridized carbons (Fsp3) is 0.154. The number of nitrogens with one attached hydrogen (secondary N) is 1. The summed E-state index contributed by atoms with van der Waals surface area (Å²) in [6.45, 7) is 1.17. The molecule has 1 aromatic heterocycles. The van der Waals surface area contributed by atoms with Crippen molar-refractivity contribution in [2.75, 3.05) is 5.32 Å². The maximum absolute atomic E-state index is 12.5. The number of alkyl halides is 3. The third kappa shape index (κ3) is 3.82. The molecule has 0 fully saturated rings. The number of halogens is 3. The van der Waals surface area contributed by atoms with Gasteiger partial charge < -0.3 is 4.74 Å². The number of hydrogen-bond acceptors (Lipinski definition) is 5. The van der Waals surface area contributed by atoms with Gasteiger partial charge in [-0.25, -0.2) is 4.98 Å². The van der Waals surface area contributed by atoms with Crippen molar-refractivity contribution < 1.29 is 27.5 Å². The van der Waals surface area contributed by atoms with E-state index in [4.69, 9.17) is 4.74 Å². The number of benzene rings is 1. The molecule has 2 aromatic rings. The van der Waals surface area contributed by atoms with Crippen LogP contribution in [0.4, 0.5) is 18.3 Å². The van der Waals surface area contributed by atoms with Crippen molar-refractivity contribution in [3.63, 3.8) is 0 Å². The van der Waals surface area contributed by atoms with Crippen molar-refractivity contribution in [3.8, 4) is 5.75 Å². The number of rotatable bonds is 3. The van der Waals surface area contributed by atoms with Crippen LogP contribution >= 0.6 is 11.3 Å². The van der Waals surface area contributed by atoms with Gasteiger partial charge in [0.25, 0.3) is 5.91 Å². The number of carbonyl (C=O) groups is 2. The molecule has 116 valence electrons. The minimum Gasteiger partial charge on any atom is -0.426 e. The molecule has 1 aromatic carbocycles.